The standard InChI is InChI=1S/C7H15O5P/c1-2-3-4-6(7(8)9)5-13(10,11)12/h6H,2-5H2,1H3,(H,8,9)(H2,10,11,12). The predicted octanol–water partition coefficient (Wildman–Crippen LogP) is 1.06. The Morgan fingerprint density at radius 3 is 2.31 bits per heavy atom. The monoisotopic (exact) mass is 210 g/mol. The van der Waals surface area contributed by atoms with Crippen molar-refractivity contribution >= 4 is 13.6 Å². The Hall–Kier alpha value is -0.380. The molecule has 0 radical (unpaired) electrons. The molecular weight excluding hydrogens is 195 g/mol. The van der Waals surface area contributed by atoms with Crippen LogP contribution in [-0.2, 0) is 9.36 Å². The van der Waals surface area contributed by atoms with Crippen molar-refractivity contribution in [2.24, 2.45) is 5.92 Å². The van der Waals surface area contributed by atoms with E-state index in [1.807, 2.05) is 6.92 Å². The van der Waals surface area contributed by atoms with Gasteiger partial charge in [0.15, 0.2) is 0 Å². The number of carbonyl (C=O) groups is 1. The van der Waals surface area contributed by atoms with Crippen LogP contribution in [0, 0.1) is 5.92 Å². The normalized spacial score (nSPS) is 14.1. The molecule has 0 rings (SSSR count). The van der Waals surface area contributed by atoms with Gasteiger partial charge in [-0.1, -0.05) is 19.8 Å². The molecule has 0 saturated carbocycles. The highest BCUT2D eigenvalue weighted by molar-refractivity contribution is 7.51. The molecular formula is C7H15O5P. The van der Waals surface area contributed by atoms with Gasteiger partial charge >= 0.3 is 13.6 Å². The summed E-state index contributed by atoms with van der Waals surface area (Å²) in [4.78, 5) is 27.7. The zero-order valence-electron chi connectivity index (χ0n) is 7.51. The lowest BCUT2D eigenvalue weighted by atomic mass is 10.1. The van der Waals surface area contributed by atoms with Gasteiger partial charge in [0, 0.05) is 0 Å². The Kier molecular flexibility index (Phi) is 5.21. The van der Waals surface area contributed by atoms with E-state index in [1.54, 1.807) is 0 Å². The van der Waals surface area contributed by atoms with Gasteiger partial charge in [0.25, 0.3) is 0 Å². The van der Waals surface area contributed by atoms with E-state index >= 15 is 0 Å². The first-order valence-corrected chi connectivity index (χ1v) is 5.94. The summed E-state index contributed by atoms with van der Waals surface area (Å²) in [6.07, 6.45) is 1.28. The summed E-state index contributed by atoms with van der Waals surface area (Å²) in [6.45, 7) is 1.90. The highest BCUT2D eigenvalue weighted by Gasteiger charge is 2.26. The Balaban J connectivity index is 4.11. The van der Waals surface area contributed by atoms with E-state index in [0.29, 0.717) is 12.8 Å². The molecule has 13 heavy (non-hydrogen) atoms. The van der Waals surface area contributed by atoms with Crippen molar-refractivity contribution < 1.29 is 24.3 Å². The molecule has 0 aromatic heterocycles. The molecule has 0 aliphatic heterocycles. The van der Waals surface area contributed by atoms with Gasteiger partial charge in [-0.2, -0.15) is 0 Å². The number of hydrogen-bond acceptors (Lipinski definition) is 2. The molecule has 0 spiro atoms. The predicted molar refractivity (Wildman–Crippen MR) is 47.6 cm³/mol. The summed E-state index contributed by atoms with van der Waals surface area (Å²) in [7, 11) is -4.20. The van der Waals surface area contributed by atoms with Gasteiger partial charge < -0.3 is 14.9 Å². The largest absolute Gasteiger partial charge is 0.481 e. The maximum Gasteiger partial charge on any atom is 0.326 e. The number of carboxylic acid groups (broad SMARTS) is 1. The van der Waals surface area contributed by atoms with Crippen LogP contribution in [0.3, 0.4) is 0 Å². The first-order valence-electron chi connectivity index (χ1n) is 4.14. The molecule has 0 heterocycles. The molecule has 0 bridgehead atoms. The fourth-order valence-electron chi connectivity index (χ4n) is 1.03. The number of hydrogen-bond donors (Lipinski definition) is 3. The number of aliphatic carboxylic acids is 1. The van der Waals surface area contributed by atoms with Crippen LogP contribution in [0.15, 0.2) is 0 Å². The summed E-state index contributed by atoms with van der Waals surface area (Å²) in [5.41, 5.74) is 0. The molecule has 0 aliphatic rings. The Labute approximate surface area is 76.9 Å². The zero-order chi connectivity index (χ0) is 10.5. The van der Waals surface area contributed by atoms with Gasteiger partial charge in [0.2, 0.25) is 0 Å². The quantitative estimate of drug-likeness (QED) is 0.569. The SMILES string of the molecule is CCCCC(CP(=O)(O)O)C(=O)O. The van der Waals surface area contributed by atoms with Gasteiger partial charge in [-0.15, -0.1) is 0 Å². The lowest BCUT2D eigenvalue weighted by Crippen LogP contribution is -2.17. The second-order valence-electron chi connectivity index (χ2n) is 3.02. The number of rotatable bonds is 6. The Morgan fingerprint density at radius 1 is 1.46 bits per heavy atom. The Morgan fingerprint density at radius 2 is 2.00 bits per heavy atom. The average molecular weight is 210 g/mol. The molecule has 0 aliphatic carbocycles. The summed E-state index contributed by atoms with van der Waals surface area (Å²) >= 11 is 0. The van der Waals surface area contributed by atoms with E-state index in [2.05, 4.69) is 0 Å². The molecule has 0 aromatic rings. The molecule has 0 amide bonds. The molecule has 78 valence electrons. The van der Waals surface area contributed by atoms with E-state index in [9.17, 15) is 9.36 Å². The minimum absolute atomic E-state index is 0.330. The van der Waals surface area contributed by atoms with Gasteiger partial charge in [-0.05, 0) is 6.42 Å². The molecule has 0 saturated heterocycles. The van der Waals surface area contributed by atoms with E-state index in [1.165, 1.54) is 0 Å². The minimum atomic E-state index is -4.20. The van der Waals surface area contributed by atoms with Crippen molar-refractivity contribution in [1.82, 2.24) is 0 Å². The Bertz CT molecular complexity index is 209. The van der Waals surface area contributed by atoms with Crippen LogP contribution < -0.4 is 0 Å². The summed E-state index contributed by atoms with van der Waals surface area (Å²) in [6, 6.07) is 0. The highest BCUT2D eigenvalue weighted by atomic mass is 31.2. The third kappa shape index (κ3) is 6.75. The first-order chi connectivity index (χ1) is 5.87. The number of carboxylic acids is 1. The summed E-state index contributed by atoms with van der Waals surface area (Å²) < 4.78 is 10.5. The van der Waals surface area contributed by atoms with Crippen molar-refractivity contribution in [3.8, 4) is 0 Å². The van der Waals surface area contributed by atoms with Crippen LogP contribution in [0.25, 0.3) is 0 Å². The van der Waals surface area contributed by atoms with Crippen LogP contribution >= 0.6 is 7.60 Å². The van der Waals surface area contributed by atoms with Crippen molar-refractivity contribution in [2.45, 2.75) is 26.2 Å². The van der Waals surface area contributed by atoms with Gasteiger partial charge in [0.05, 0.1) is 12.1 Å². The lowest BCUT2D eigenvalue weighted by Gasteiger charge is -2.12. The van der Waals surface area contributed by atoms with Gasteiger partial charge in [-0.25, -0.2) is 0 Å². The van der Waals surface area contributed by atoms with Crippen LogP contribution in [0.1, 0.15) is 26.2 Å². The fourth-order valence-corrected chi connectivity index (χ4v) is 1.94. The zero-order valence-corrected chi connectivity index (χ0v) is 8.41. The summed E-state index contributed by atoms with van der Waals surface area (Å²) in [5.74, 6) is -2.04. The third-order valence-electron chi connectivity index (χ3n) is 1.71. The molecule has 1 atom stereocenters. The van der Waals surface area contributed by atoms with Crippen LogP contribution in [0.4, 0.5) is 0 Å². The highest BCUT2D eigenvalue weighted by Crippen LogP contribution is 2.38. The van der Waals surface area contributed by atoms with Crippen LogP contribution in [0.2, 0.25) is 0 Å². The molecule has 3 N–H and O–H groups in total. The third-order valence-corrected chi connectivity index (χ3v) is 2.63. The van der Waals surface area contributed by atoms with Crippen LogP contribution in [-0.4, -0.2) is 27.0 Å². The maximum absolute atomic E-state index is 10.5. The van der Waals surface area contributed by atoms with E-state index in [-0.39, 0.29) is 0 Å². The molecule has 6 heteroatoms. The van der Waals surface area contributed by atoms with Crippen molar-refractivity contribution in [1.29, 1.82) is 0 Å². The lowest BCUT2D eigenvalue weighted by molar-refractivity contribution is -0.141. The average Bonchev–Trinajstić information content (AvgIpc) is 1.95. The second-order valence-corrected chi connectivity index (χ2v) is 4.72. The molecule has 0 aromatic carbocycles. The molecule has 5 nitrogen and oxygen atoms in total. The van der Waals surface area contributed by atoms with E-state index in [4.69, 9.17) is 14.9 Å². The second kappa shape index (κ2) is 5.37. The first kappa shape index (κ1) is 12.6. The van der Waals surface area contributed by atoms with E-state index in [0.717, 1.165) is 6.42 Å². The van der Waals surface area contributed by atoms with Crippen molar-refractivity contribution in [2.75, 3.05) is 6.16 Å². The smallest absolute Gasteiger partial charge is 0.326 e. The van der Waals surface area contributed by atoms with Crippen molar-refractivity contribution in [3.63, 3.8) is 0 Å². The number of unbranched alkanes of at least 4 members (excludes halogenated alkanes) is 1. The molecule has 0 fully saturated rings. The topological polar surface area (TPSA) is 94.8 Å². The van der Waals surface area contributed by atoms with E-state index < -0.39 is 25.6 Å². The minimum Gasteiger partial charge on any atom is -0.481 e. The fraction of sp³-hybridized carbons (Fsp3) is 0.857. The van der Waals surface area contributed by atoms with Gasteiger partial charge in [0.1, 0.15) is 0 Å². The van der Waals surface area contributed by atoms with Crippen molar-refractivity contribution in [3.05, 3.63) is 0 Å². The summed E-state index contributed by atoms with van der Waals surface area (Å²) in [5, 5.41) is 8.62. The van der Waals surface area contributed by atoms with Crippen LogP contribution in [0.5, 0.6) is 0 Å². The maximum atomic E-state index is 10.5. The molecule has 1 unspecified atom stereocenters. The van der Waals surface area contributed by atoms with Gasteiger partial charge in [-0.3, -0.25) is 9.36 Å².